The van der Waals surface area contributed by atoms with Crippen molar-refractivity contribution < 1.29 is 9.47 Å². The Kier molecular flexibility index (Phi) is 5.73. The quantitative estimate of drug-likeness (QED) is 0.413. The average molecular weight is 438 g/mol. The summed E-state index contributed by atoms with van der Waals surface area (Å²) in [6.07, 6.45) is 13.7. The number of para-hydroxylation sites is 1. The number of imidazole rings is 1. The minimum atomic E-state index is 0.215. The summed E-state index contributed by atoms with van der Waals surface area (Å²) >= 11 is 0. The number of hydrogen-bond donors (Lipinski definition) is 0. The van der Waals surface area contributed by atoms with Crippen LogP contribution in [0.4, 0.5) is 0 Å². The van der Waals surface area contributed by atoms with E-state index in [1.54, 1.807) is 31.8 Å². The number of methoxy groups -OCH3 is 1. The molecule has 1 aromatic carbocycles. The van der Waals surface area contributed by atoms with Gasteiger partial charge >= 0.3 is 0 Å². The molecule has 1 aliphatic carbocycles. The van der Waals surface area contributed by atoms with Crippen molar-refractivity contribution in [2.45, 2.75) is 31.8 Å². The van der Waals surface area contributed by atoms with Gasteiger partial charge in [0.2, 0.25) is 0 Å². The van der Waals surface area contributed by atoms with Gasteiger partial charge in [0.1, 0.15) is 23.2 Å². The summed E-state index contributed by atoms with van der Waals surface area (Å²) in [5.74, 6) is 2.85. The van der Waals surface area contributed by atoms with Crippen LogP contribution in [0.25, 0.3) is 29.0 Å². The number of rotatable bonds is 6. The zero-order valence-corrected chi connectivity index (χ0v) is 18.3. The molecule has 1 fully saturated rings. The normalized spacial score (nSPS) is 14.1. The topological polar surface area (TPSA) is 85.9 Å². The Morgan fingerprint density at radius 2 is 1.97 bits per heavy atom. The molecule has 0 bridgehead atoms. The van der Waals surface area contributed by atoms with Gasteiger partial charge in [0.25, 0.3) is 0 Å². The van der Waals surface area contributed by atoms with Gasteiger partial charge in [-0.15, -0.1) is 0 Å². The minimum absolute atomic E-state index is 0.215. The number of nitrogens with zero attached hydrogens (tertiary/aromatic N) is 5. The van der Waals surface area contributed by atoms with E-state index in [4.69, 9.17) is 19.7 Å². The maximum atomic E-state index is 9.12. The van der Waals surface area contributed by atoms with Gasteiger partial charge in [-0.2, -0.15) is 5.26 Å². The number of aromatic nitrogens is 4. The lowest BCUT2D eigenvalue weighted by molar-refractivity contribution is 0.200. The predicted octanol–water partition coefficient (Wildman–Crippen LogP) is 5.19. The van der Waals surface area contributed by atoms with E-state index in [1.165, 1.54) is 12.8 Å². The molecule has 0 radical (unpaired) electrons. The molecule has 0 unspecified atom stereocenters. The molecule has 5 rings (SSSR count). The molecule has 7 heteroatoms. The highest BCUT2D eigenvalue weighted by Gasteiger charge is 2.20. The van der Waals surface area contributed by atoms with Crippen LogP contribution in [0, 0.1) is 11.3 Å². The van der Waals surface area contributed by atoms with E-state index in [0.717, 1.165) is 40.9 Å². The largest absolute Gasteiger partial charge is 0.493 e. The first-order valence-electron chi connectivity index (χ1n) is 11.0. The molecule has 4 aromatic rings. The summed E-state index contributed by atoms with van der Waals surface area (Å²) in [7, 11) is 1.66. The zero-order chi connectivity index (χ0) is 22.6. The molecule has 0 N–H and O–H groups in total. The van der Waals surface area contributed by atoms with Crippen LogP contribution in [0.1, 0.15) is 42.6 Å². The molecule has 0 spiro atoms. The van der Waals surface area contributed by atoms with Crippen LogP contribution in [0.3, 0.4) is 0 Å². The third-order valence-electron chi connectivity index (χ3n) is 5.82. The number of ether oxygens (including phenoxy) is 2. The molecule has 7 nitrogen and oxygen atoms in total. The van der Waals surface area contributed by atoms with Crippen molar-refractivity contribution in [1.29, 1.82) is 5.26 Å². The fourth-order valence-electron chi connectivity index (χ4n) is 4.18. The van der Waals surface area contributed by atoms with Crippen molar-refractivity contribution in [3.8, 4) is 23.4 Å². The van der Waals surface area contributed by atoms with Crippen molar-refractivity contribution in [3.63, 3.8) is 0 Å². The first-order chi connectivity index (χ1) is 16.3. The lowest BCUT2D eigenvalue weighted by Gasteiger charge is -2.18. The standard InChI is InChI=1S/C26H23N5O2/c1-32-23-8-4-5-19(26(23)33-20-6-2-3-7-20)10-12-25-30-21-17-28-14-13-22(21)31(25)24-11-9-18(15-27)16-29-24/h4-5,8-14,16-17,20H,2-3,6-7H2,1H3/b12-10+. The van der Waals surface area contributed by atoms with E-state index in [0.29, 0.717) is 17.2 Å². The van der Waals surface area contributed by atoms with Crippen LogP contribution in [0.5, 0.6) is 11.5 Å². The highest BCUT2D eigenvalue weighted by molar-refractivity contribution is 5.82. The minimum Gasteiger partial charge on any atom is -0.493 e. The van der Waals surface area contributed by atoms with Crippen LogP contribution in [-0.4, -0.2) is 32.7 Å². The molecular formula is C26H23N5O2. The maximum Gasteiger partial charge on any atom is 0.168 e. The maximum absolute atomic E-state index is 9.12. The third kappa shape index (κ3) is 4.15. The van der Waals surface area contributed by atoms with Crippen LogP contribution < -0.4 is 9.47 Å². The Bertz CT molecular complexity index is 1350. The summed E-state index contributed by atoms with van der Waals surface area (Å²) in [5, 5.41) is 9.12. The number of pyridine rings is 2. The monoisotopic (exact) mass is 437 g/mol. The Morgan fingerprint density at radius 1 is 1.09 bits per heavy atom. The van der Waals surface area contributed by atoms with Gasteiger partial charge < -0.3 is 9.47 Å². The van der Waals surface area contributed by atoms with Gasteiger partial charge in [-0.05, 0) is 62.1 Å². The molecule has 0 saturated heterocycles. The smallest absolute Gasteiger partial charge is 0.168 e. The third-order valence-corrected chi connectivity index (χ3v) is 5.82. The summed E-state index contributed by atoms with van der Waals surface area (Å²) < 4.78 is 13.9. The van der Waals surface area contributed by atoms with Gasteiger partial charge in [0.05, 0.1) is 30.5 Å². The van der Waals surface area contributed by atoms with Crippen molar-refractivity contribution in [1.82, 2.24) is 19.5 Å². The molecular weight excluding hydrogens is 414 g/mol. The molecule has 0 amide bonds. The first kappa shape index (κ1) is 20.7. The Labute approximate surface area is 192 Å². The summed E-state index contributed by atoms with van der Waals surface area (Å²) in [5.41, 5.74) is 3.07. The Balaban J connectivity index is 1.57. The molecule has 0 atom stereocenters. The van der Waals surface area contributed by atoms with Crippen LogP contribution in [0.2, 0.25) is 0 Å². The van der Waals surface area contributed by atoms with Gasteiger partial charge in [0, 0.05) is 18.0 Å². The lowest BCUT2D eigenvalue weighted by Crippen LogP contribution is -2.12. The Hall–Kier alpha value is -4.18. The SMILES string of the molecule is COc1cccc(/C=C/c2nc3cnccc3n2-c2ccc(C#N)cn2)c1OC1CCCC1. The van der Waals surface area contributed by atoms with E-state index in [2.05, 4.69) is 16.0 Å². The number of hydrogen-bond acceptors (Lipinski definition) is 6. The van der Waals surface area contributed by atoms with Crippen molar-refractivity contribution in [3.05, 3.63) is 71.9 Å². The number of benzene rings is 1. The molecule has 1 saturated carbocycles. The van der Waals surface area contributed by atoms with Crippen molar-refractivity contribution >= 4 is 23.2 Å². The van der Waals surface area contributed by atoms with Crippen LogP contribution in [0.15, 0.2) is 55.0 Å². The molecule has 164 valence electrons. The van der Waals surface area contributed by atoms with E-state index in [-0.39, 0.29) is 6.10 Å². The number of fused-ring (bicyclic) bond motifs is 1. The van der Waals surface area contributed by atoms with Gasteiger partial charge in [-0.3, -0.25) is 9.55 Å². The second kappa shape index (κ2) is 9.13. The molecule has 0 aliphatic heterocycles. The van der Waals surface area contributed by atoms with E-state index in [9.17, 15) is 0 Å². The van der Waals surface area contributed by atoms with E-state index < -0.39 is 0 Å². The fraction of sp³-hybridized carbons (Fsp3) is 0.231. The molecule has 1 aliphatic rings. The summed E-state index contributed by atoms with van der Waals surface area (Å²) in [6, 6.07) is 13.5. The summed E-state index contributed by atoms with van der Waals surface area (Å²) in [4.78, 5) is 13.4. The van der Waals surface area contributed by atoms with Gasteiger partial charge in [-0.1, -0.05) is 12.1 Å². The highest BCUT2D eigenvalue weighted by atomic mass is 16.5. The van der Waals surface area contributed by atoms with Crippen molar-refractivity contribution in [2.75, 3.05) is 7.11 Å². The lowest BCUT2D eigenvalue weighted by atomic mass is 10.1. The average Bonchev–Trinajstić information content (AvgIpc) is 3.51. The Morgan fingerprint density at radius 3 is 2.73 bits per heavy atom. The number of nitriles is 1. The molecule has 3 heterocycles. The van der Waals surface area contributed by atoms with Crippen LogP contribution in [-0.2, 0) is 0 Å². The van der Waals surface area contributed by atoms with Crippen molar-refractivity contribution in [2.24, 2.45) is 0 Å². The fourth-order valence-corrected chi connectivity index (χ4v) is 4.18. The second-order valence-corrected chi connectivity index (χ2v) is 7.92. The van der Waals surface area contributed by atoms with Gasteiger partial charge in [-0.25, -0.2) is 9.97 Å². The highest BCUT2D eigenvalue weighted by Crippen LogP contribution is 2.36. The van der Waals surface area contributed by atoms with E-state index in [1.807, 2.05) is 47.1 Å². The second-order valence-electron chi connectivity index (χ2n) is 7.92. The molecule has 33 heavy (non-hydrogen) atoms. The van der Waals surface area contributed by atoms with Crippen LogP contribution >= 0.6 is 0 Å². The zero-order valence-electron chi connectivity index (χ0n) is 18.3. The van der Waals surface area contributed by atoms with Gasteiger partial charge in [0.15, 0.2) is 11.5 Å². The molecule has 3 aromatic heterocycles. The van der Waals surface area contributed by atoms with E-state index >= 15 is 0 Å². The first-order valence-corrected chi connectivity index (χ1v) is 11.0. The predicted molar refractivity (Wildman–Crippen MR) is 126 cm³/mol. The summed E-state index contributed by atoms with van der Waals surface area (Å²) in [6.45, 7) is 0.